The van der Waals surface area contributed by atoms with E-state index in [1.807, 2.05) is 0 Å². The fourth-order valence-electron chi connectivity index (χ4n) is 5.56. The lowest BCUT2D eigenvalue weighted by atomic mass is 9.49. The van der Waals surface area contributed by atoms with Gasteiger partial charge in [-0.1, -0.05) is 0 Å². The second-order valence-corrected chi connectivity index (χ2v) is 7.93. The predicted octanol–water partition coefficient (Wildman–Crippen LogP) is 2.87. The Kier molecular flexibility index (Phi) is 3.29. The third-order valence-corrected chi connectivity index (χ3v) is 6.10. The highest BCUT2D eigenvalue weighted by atomic mass is 16.3. The molecule has 0 aliphatic heterocycles. The Morgan fingerprint density at radius 2 is 1.61 bits per heavy atom. The van der Waals surface area contributed by atoms with Crippen molar-refractivity contribution >= 4 is 11.8 Å². The quantitative estimate of drug-likeness (QED) is 0.824. The molecule has 0 atom stereocenters. The molecule has 4 saturated carbocycles. The highest BCUT2D eigenvalue weighted by Gasteiger charge is 2.54. The molecule has 0 saturated heterocycles. The van der Waals surface area contributed by atoms with Crippen molar-refractivity contribution in [3.05, 3.63) is 23.2 Å². The smallest absolute Gasteiger partial charge is 0.273 e. The molecule has 4 fully saturated rings. The molecule has 23 heavy (non-hydrogen) atoms. The summed E-state index contributed by atoms with van der Waals surface area (Å²) in [6, 6.07) is 1.70. The molecule has 1 aromatic heterocycles. The van der Waals surface area contributed by atoms with Crippen LogP contribution in [0.5, 0.6) is 0 Å². The molecule has 0 spiro atoms. The van der Waals surface area contributed by atoms with Crippen molar-refractivity contribution in [2.75, 3.05) is 0 Å². The summed E-state index contributed by atoms with van der Waals surface area (Å²) in [5.41, 5.74) is 5.51. The van der Waals surface area contributed by atoms with E-state index in [2.05, 4.69) is 10.9 Å². The molecule has 2 amide bonds. The zero-order chi connectivity index (χ0) is 16.2. The molecular weight excluding hydrogens is 292 g/mol. The number of carbonyl (C=O) groups is 2. The SMILES string of the molecule is Cc1cc(C(=O)NNC(=O)C23CC4CC(CC(C4)C2)C3)c(C)o1. The fraction of sp³-hybridized carbons (Fsp3) is 0.667. The predicted molar refractivity (Wildman–Crippen MR) is 84.4 cm³/mol. The number of nitrogens with one attached hydrogen (secondary N) is 2. The minimum atomic E-state index is -0.308. The molecule has 5 nitrogen and oxygen atoms in total. The van der Waals surface area contributed by atoms with Gasteiger partial charge < -0.3 is 4.42 Å². The molecule has 5 rings (SSSR count). The van der Waals surface area contributed by atoms with E-state index in [-0.39, 0.29) is 17.2 Å². The van der Waals surface area contributed by atoms with Crippen LogP contribution >= 0.6 is 0 Å². The van der Waals surface area contributed by atoms with Gasteiger partial charge in [-0.15, -0.1) is 0 Å². The van der Waals surface area contributed by atoms with Crippen LogP contribution < -0.4 is 10.9 Å². The molecular formula is C18H24N2O3. The molecule has 0 aromatic carbocycles. The lowest BCUT2D eigenvalue weighted by Gasteiger charge is -2.55. The average molecular weight is 316 g/mol. The van der Waals surface area contributed by atoms with Crippen LogP contribution in [0.2, 0.25) is 0 Å². The third kappa shape index (κ3) is 2.46. The van der Waals surface area contributed by atoms with Crippen LogP contribution in [0.3, 0.4) is 0 Å². The van der Waals surface area contributed by atoms with E-state index in [1.54, 1.807) is 19.9 Å². The number of furan rings is 1. The second-order valence-electron chi connectivity index (χ2n) is 7.93. The van der Waals surface area contributed by atoms with Crippen LogP contribution in [-0.4, -0.2) is 11.8 Å². The Morgan fingerprint density at radius 1 is 1.04 bits per heavy atom. The van der Waals surface area contributed by atoms with E-state index in [0.29, 0.717) is 34.8 Å². The molecule has 1 heterocycles. The van der Waals surface area contributed by atoms with Gasteiger partial charge in [-0.3, -0.25) is 20.4 Å². The summed E-state index contributed by atoms with van der Waals surface area (Å²) in [6.45, 7) is 3.56. The van der Waals surface area contributed by atoms with Gasteiger partial charge in [0.2, 0.25) is 5.91 Å². The van der Waals surface area contributed by atoms with Gasteiger partial charge in [0.1, 0.15) is 11.5 Å². The van der Waals surface area contributed by atoms with Crippen molar-refractivity contribution in [3.8, 4) is 0 Å². The first-order valence-corrected chi connectivity index (χ1v) is 8.63. The number of aryl methyl sites for hydroxylation is 2. The molecule has 4 aliphatic carbocycles. The Morgan fingerprint density at radius 3 is 2.09 bits per heavy atom. The summed E-state index contributed by atoms with van der Waals surface area (Å²) in [5.74, 6) is 3.09. The zero-order valence-electron chi connectivity index (χ0n) is 13.8. The second kappa shape index (κ2) is 5.11. The largest absolute Gasteiger partial charge is 0.466 e. The summed E-state index contributed by atoms with van der Waals surface area (Å²) in [4.78, 5) is 25.0. The molecule has 4 aliphatic rings. The van der Waals surface area contributed by atoms with Crippen LogP contribution in [0.25, 0.3) is 0 Å². The van der Waals surface area contributed by atoms with Crippen LogP contribution in [0, 0.1) is 37.0 Å². The van der Waals surface area contributed by atoms with Gasteiger partial charge in [0.15, 0.2) is 0 Å². The summed E-state index contributed by atoms with van der Waals surface area (Å²) in [7, 11) is 0. The monoisotopic (exact) mass is 316 g/mol. The number of hydrazine groups is 1. The standard InChI is InChI=1S/C18H24N2O3/c1-10-3-15(11(2)23-10)16(21)19-20-17(22)18-7-12-4-13(8-18)6-14(5-12)9-18/h3,12-14H,4-9H2,1-2H3,(H,19,21)(H,20,22). The number of carbonyl (C=O) groups excluding carboxylic acids is 2. The molecule has 124 valence electrons. The Balaban J connectivity index is 1.42. The van der Waals surface area contributed by atoms with Gasteiger partial charge in [-0.05, 0) is 76.2 Å². The fourth-order valence-corrected chi connectivity index (χ4v) is 5.56. The van der Waals surface area contributed by atoms with Crippen molar-refractivity contribution in [3.63, 3.8) is 0 Å². The van der Waals surface area contributed by atoms with Crippen LogP contribution in [0.1, 0.15) is 60.4 Å². The van der Waals surface area contributed by atoms with E-state index >= 15 is 0 Å². The maximum absolute atomic E-state index is 12.8. The van der Waals surface area contributed by atoms with Gasteiger partial charge in [0.05, 0.1) is 11.0 Å². The number of rotatable bonds is 2. The summed E-state index contributed by atoms with van der Waals surface area (Å²) < 4.78 is 5.37. The summed E-state index contributed by atoms with van der Waals surface area (Å²) >= 11 is 0. The van der Waals surface area contributed by atoms with E-state index in [0.717, 1.165) is 19.3 Å². The van der Waals surface area contributed by atoms with E-state index in [1.165, 1.54) is 19.3 Å². The van der Waals surface area contributed by atoms with Gasteiger partial charge in [-0.25, -0.2) is 0 Å². The maximum atomic E-state index is 12.8. The number of hydrogen-bond acceptors (Lipinski definition) is 3. The molecule has 5 heteroatoms. The van der Waals surface area contributed by atoms with Gasteiger partial charge in [0, 0.05) is 0 Å². The molecule has 4 bridgehead atoms. The lowest BCUT2D eigenvalue weighted by molar-refractivity contribution is -0.147. The minimum Gasteiger partial charge on any atom is -0.466 e. The van der Waals surface area contributed by atoms with Crippen molar-refractivity contribution in [2.45, 2.75) is 52.4 Å². The molecule has 0 unspecified atom stereocenters. The summed E-state index contributed by atoms with van der Waals surface area (Å²) in [5, 5.41) is 0. The normalized spacial score (nSPS) is 34.4. The Labute approximate surface area is 136 Å². The van der Waals surface area contributed by atoms with Crippen molar-refractivity contribution < 1.29 is 14.0 Å². The Bertz CT molecular complexity index is 626. The summed E-state index contributed by atoms with van der Waals surface area (Å²) in [6.07, 6.45) is 6.87. The highest BCUT2D eigenvalue weighted by Crippen LogP contribution is 2.60. The van der Waals surface area contributed by atoms with Gasteiger partial charge >= 0.3 is 0 Å². The third-order valence-electron chi connectivity index (χ3n) is 6.10. The molecule has 2 N–H and O–H groups in total. The Hall–Kier alpha value is -1.78. The molecule has 0 radical (unpaired) electrons. The lowest BCUT2D eigenvalue weighted by Crippen LogP contribution is -2.56. The van der Waals surface area contributed by atoms with E-state index < -0.39 is 0 Å². The maximum Gasteiger partial charge on any atom is 0.273 e. The zero-order valence-corrected chi connectivity index (χ0v) is 13.8. The van der Waals surface area contributed by atoms with E-state index in [9.17, 15) is 9.59 Å². The number of hydrogen-bond donors (Lipinski definition) is 2. The van der Waals surface area contributed by atoms with Crippen LogP contribution in [-0.2, 0) is 4.79 Å². The average Bonchev–Trinajstić information content (AvgIpc) is 2.81. The van der Waals surface area contributed by atoms with Crippen LogP contribution in [0.15, 0.2) is 10.5 Å². The van der Waals surface area contributed by atoms with Crippen molar-refractivity contribution in [2.24, 2.45) is 23.2 Å². The first-order valence-electron chi connectivity index (χ1n) is 8.63. The number of amides is 2. The van der Waals surface area contributed by atoms with Crippen molar-refractivity contribution in [1.82, 2.24) is 10.9 Å². The van der Waals surface area contributed by atoms with Crippen molar-refractivity contribution in [1.29, 1.82) is 0 Å². The van der Waals surface area contributed by atoms with E-state index in [4.69, 9.17) is 4.42 Å². The van der Waals surface area contributed by atoms with Gasteiger partial charge in [0.25, 0.3) is 5.91 Å². The van der Waals surface area contributed by atoms with Crippen LogP contribution in [0.4, 0.5) is 0 Å². The first-order chi connectivity index (χ1) is 10.9. The topological polar surface area (TPSA) is 71.3 Å². The first kappa shape index (κ1) is 14.8. The molecule has 1 aromatic rings. The highest BCUT2D eigenvalue weighted by molar-refractivity contribution is 5.96. The van der Waals surface area contributed by atoms with Gasteiger partial charge in [-0.2, -0.15) is 0 Å². The minimum absolute atomic E-state index is 0.00261.